The minimum absolute atomic E-state index is 0.204. The van der Waals surface area contributed by atoms with Crippen LogP contribution in [0.2, 0.25) is 25.5 Å². The van der Waals surface area contributed by atoms with Crippen LogP contribution in [0.3, 0.4) is 0 Å². The molecule has 0 N–H and O–H groups in total. The summed E-state index contributed by atoms with van der Waals surface area (Å²) in [4.78, 5) is 0. The van der Waals surface area contributed by atoms with Crippen molar-refractivity contribution in [2.75, 3.05) is 0 Å². The standard InChI is InChI=1S/C29H38BBrOSi/c1-6-27(33(3,4)5)29(2,24-18-20-26(31)21-19-24)32-30-25-16-10-14-23(15-11-17-25)28(30)22-12-8-7-9-13-22/h7-9,12-13,18-21,23,25,28H,1,10-11,14-17H2,2-5H3/t23?,25?,28-,29-/m1/s1. The Bertz CT molecular complexity index is 983. The summed E-state index contributed by atoms with van der Waals surface area (Å²) < 4.78 is 8.62. The number of benzene rings is 2. The van der Waals surface area contributed by atoms with Gasteiger partial charge in [-0.2, -0.15) is 0 Å². The first-order valence-electron chi connectivity index (χ1n) is 12.6. The van der Waals surface area contributed by atoms with Gasteiger partial charge in [-0.15, -0.1) is 5.73 Å². The highest BCUT2D eigenvalue weighted by Crippen LogP contribution is 2.51. The summed E-state index contributed by atoms with van der Waals surface area (Å²) in [6, 6.07) is 19.9. The summed E-state index contributed by atoms with van der Waals surface area (Å²) in [6.45, 7) is 13.8. The molecule has 2 aromatic carbocycles. The summed E-state index contributed by atoms with van der Waals surface area (Å²) in [5.74, 6) is 1.75. The van der Waals surface area contributed by atoms with Gasteiger partial charge >= 0.3 is 6.92 Å². The largest absolute Gasteiger partial charge is 0.422 e. The number of halogens is 1. The van der Waals surface area contributed by atoms with Gasteiger partial charge in [0.05, 0.1) is 13.7 Å². The fourth-order valence-corrected chi connectivity index (χ4v) is 9.02. The molecule has 0 amide bonds. The van der Waals surface area contributed by atoms with Crippen LogP contribution in [0, 0.1) is 5.92 Å². The maximum Gasteiger partial charge on any atom is 0.305 e. The molecule has 2 aromatic rings. The van der Waals surface area contributed by atoms with E-state index in [1.165, 1.54) is 54.8 Å². The van der Waals surface area contributed by atoms with Crippen LogP contribution in [0.4, 0.5) is 0 Å². The van der Waals surface area contributed by atoms with E-state index in [9.17, 15) is 0 Å². The zero-order valence-corrected chi connectivity index (χ0v) is 23.3. The molecule has 2 bridgehead atoms. The maximum absolute atomic E-state index is 7.53. The van der Waals surface area contributed by atoms with Crippen molar-refractivity contribution in [3.8, 4) is 0 Å². The number of hydrogen-bond acceptors (Lipinski definition) is 1. The summed E-state index contributed by atoms with van der Waals surface area (Å²) in [5, 5.41) is 1.27. The third-order valence-corrected chi connectivity index (χ3v) is 10.7. The van der Waals surface area contributed by atoms with Gasteiger partial charge in [0.2, 0.25) is 0 Å². The lowest BCUT2D eigenvalue weighted by Gasteiger charge is -2.43. The van der Waals surface area contributed by atoms with Crippen molar-refractivity contribution in [2.24, 2.45) is 5.92 Å². The van der Waals surface area contributed by atoms with E-state index in [1.807, 2.05) is 0 Å². The number of hydrogen-bond donors (Lipinski definition) is 0. The molecule has 0 unspecified atom stereocenters. The fraction of sp³-hybridized carbons (Fsp3) is 0.483. The van der Waals surface area contributed by atoms with Gasteiger partial charge in [-0.3, -0.25) is 0 Å². The van der Waals surface area contributed by atoms with E-state index in [0.29, 0.717) is 17.6 Å². The maximum atomic E-state index is 7.53. The molecule has 4 heteroatoms. The van der Waals surface area contributed by atoms with E-state index >= 15 is 0 Å². The van der Waals surface area contributed by atoms with Crippen LogP contribution < -0.4 is 0 Å². The van der Waals surface area contributed by atoms with Crippen molar-refractivity contribution >= 4 is 30.9 Å². The van der Waals surface area contributed by atoms with Crippen molar-refractivity contribution in [2.45, 2.75) is 82.3 Å². The van der Waals surface area contributed by atoms with E-state index in [4.69, 9.17) is 4.65 Å². The van der Waals surface area contributed by atoms with Gasteiger partial charge in [-0.25, -0.2) is 0 Å². The molecular formula is C29H38BBrOSi. The lowest BCUT2D eigenvalue weighted by Crippen LogP contribution is -2.47. The van der Waals surface area contributed by atoms with Crippen LogP contribution in [0.1, 0.15) is 62.4 Å². The lowest BCUT2D eigenvalue weighted by atomic mass is 9.43. The second-order valence-electron chi connectivity index (χ2n) is 11.2. The number of fused-ring (bicyclic) bond motifs is 3. The molecule has 2 fully saturated rings. The molecule has 0 spiro atoms. The molecule has 0 radical (unpaired) electrons. The molecule has 0 aliphatic carbocycles. The van der Waals surface area contributed by atoms with Gasteiger partial charge in [-0.05, 0) is 52.9 Å². The highest BCUT2D eigenvalue weighted by molar-refractivity contribution is 9.10. The lowest BCUT2D eigenvalue weighted by molar-refractivity contribution is 0.123. The number of rotatable bonds is 6. The summed E-state index contributed by atoms with van der Waals surface area (Å²) in [5.41, 5.74) is 5.55. The molecule has 174 valence electrons. The quantitative estimate of drug-likeness (QED) is 0.272. The summed E-state index contributed by atoms with van der Waals surface area (Å²) in [6.07, 6.45) is 7.85. The molecule has 2 saturated heterocycles. The molecule has 2 heterocycles. The van der Waals surface area contributed by atoms with Gasteiger partial charge in [0.25, 0.3) is 0 Å². The monoisotopic (exact) mass is 520 g/mol. The van der Waals surface area contributed by atoms with Crippen molar-refractivity contribution in [3.63, 3.8) is 0 Å². The van der Waals surface area contributed by atoms with Crippen LogP contribution in [-0.2, 0) is 10.3 Å². The van der Waals surface area contributed by atoms with Gasteiger partial charge in [0, 0.05) is 4.47 Å². The Morgan fingerprint density at radius 2 is 1.61 bits per heavy atom. The highest BCUT2D eigenvalue weighted by Gasteiger charge is 2.50. The second-order valence-corrected chi connectivity index (χ2v) is 17.2. The Balaban J connectivity index is 1.85. The fourth-order valence-electron chi connectivity index (χ4n) is 6.59. The first-order valence-corrected chi connectivity index (χ1v) is 16.9. The third kappa shape index (κ3) is 5.20. The predicted octanol–water partition coefficient (Wildman–Crippen LogP) is 8.94. The molecule has 1 nitrogen and oxygen atoms in total. The minimum atomic E-state index is -1.74. The minimum Gasteiger partial charge on any atom is -0.422 e. The van der Waals surface area contributed by atoms with Crippen LogP contribution in [0.5, 0.6) is 0 Å². The van der Waals surface area contributed by atoms with E-state index in [1.54, 1.807) is 0 Å². The normalized spacial score (nSPS) is 25.0. The Labute approximate surface area is 211 Å². The van der Waals surface area contributed by atoms with E-state index in [2.05, 4.69) is 109 Å². The third-order valence-electron chi connectivity index (χ3n) is 7.98. The molecule has 2 atom stereocenters. The van der Waals surface area contributed by atoms with Crippen LogP contribution in [-0.4, -0.2) is 15.0 Å². The van der Waals surface area contributed by atoms with Crippen molar-refractivity contribution in [1.82, 2.24) is 0 Å². The van der Waals surface area contributed by atoms with Gasteiger partial charge in [0.1, 0.15) is 0 Å². The van der Waals surface area contributed by atoms with E-state index < -0.39 is 13.7 Å². The SMILES string of the molecule is C=C=C([C@](C)(OB1C2CCCC(CCC2)[C@H]1c1ccccc1)c1ccc(Br)cc1)[Si](C)(C)C. The Kier molecular flexibility index (Phi) is 7.60. The van der Waals surface area contributed by atoms with Crippen LogP contribution in [0.25, 0.3) is 0 Å². The van der Waals surface area contributed by atoms with E-state index in [0.717, 1.165) is 4.47 Å². The zero-order chi connectivity index (χ0) is 23.6. The molecule has 0 aromatic heterocycles. The first kappa shape index (κ1) is 24.8. The zero-order valence-electron chi connectivity index (χ0n) is 20.7. The summed E-state index contributed by atoms with van der Waals surface area (Å²) in [7, 11) is -1.74. The van der Waals surface area contributed by atoms with Crippen LogP contribution >= 0.6 is 15.9 Å². The van der Waals surface area contributed by atoms with Crippen LogP contribution in [0.15, 0.2) is 76.6 Å². The van der Waals surface area contributed by atoms with Crippen molar-refractivity contribution in [3.05, 3.63) is 87.7 Å². The Morgan fingerprint density at radius 1 is 1.00 bits per heavy atom. The van der Waals surface area contributed by atoms with E-state index in [-0.39, 0.29) is 6.92 Å². The molecule has 4 rings (SSSR count). The summed E-state index contributed by atoms with van der Waals surface area (Å²) >= 11 is 3.62. The van der Waals surface area contributed by atoms with Crippen molar-refractivity contribution < 1.29 is 4.65 Å². The average molecular weight is 521 g/mol. The topological polar surface area (TPSA) is 9.23 Å². The molecule has 2 aliphatic rings. The molecule has 33 heavy (non-hydrogen) atoms. The Morgan fingerprint density at radius 3 is 2.15 bits per heavy atom. The van der Waals surface area contributed by atoms with Gasteiger partial charge in [0.15, 0.2) is 0 Å². The predicted molar refractivity (Wildman–Crippen MR) is 148 cm³/mol. The van der Waals surface area contributed by atoms with Crippen molar-refractivity contribution in [1.29, 1.82) is 0 Å². The molecule has 2 aliphatic heterocycles. The molecular weight excluding hydrogens is 483 g/mol. The molecule has 0 saturated carbocycles. The van der Waals surface area contributed by atoms with Gasteiger partial charge < -0.3 is 4.65 Å². The first-order chi connectivity index (χ1) is 15.7. The second kappa shape index (κ2) is 10.1. The van der Waals surface area contributed by atoms with Gasteiger partial charge in [-0.1, -0.05) is 123 Å². The average Bonchev–Trinajstić information content (AvgIpc) is 3.02. The smallest absolute Gasteiger partial charge is 0.305 e. The highest BCUT2D eigenvalue weighted by atomic mass is 79.9. The Hall–Kier alpha value is -1.32.